The number of rotatable bonds is 1. The van der Waals surface area contributed by atoms with Crippen LogP contribution in [0.25, 0.3) is 0 Å². The number of hydrogen-bond acceptors (Lipinski definition) is 1. The monoisotopic (exact) mass is 200 g/mol. The quantitative estimate of drug-likeness (QED) is 0.491. The average molecular weight is 200 g/mol. The van der Waals surface area contributed by atoms with Gasteiger partial charge in [0.2, 0.25) is 0 Å². The molecule has 0 atom stereocenters. The molecule has 0 amide bonds. The fourth-order valence-corrected chi connectivity index (χ4v) is 1.32. The molecular formula is C9H8BF3O. The van der Waals surface area contributed by atoms with E-state index < -0.39 is 11.7 Å². The highest BCUT2D eigenvalue weighted by molar-refractivity contribution is 6.37. The number of alkyl halides is 3. The number of hydrogen-bond donors (Lipinski definition) is 0. The molecule has 0 aliphatic heterocycles. The van der Waals surface area contributed by atoms with Gasteiger partial charge in [-0.05, 0) is 6.92 Å². The Hall–Kier alpha value is -1.26. The van der Waals surface area contributed by atoms with Gasteiger partial charge in [-0.15, -0.1) is 0 Å². The third kappa shape index (κ3) is 1.97. The first-order valence-corrected chi connectivity index (χ1v) is 4.02. The second kappa shape index (κ2) is 3.48. The number of carbonyl (C=O) groups excluding carboxylic acids is 1. The molecule has 1 rings (SSSR count). The number of benzene rings is 1. The van der Waals surface area contributed by atoms with Crippen molar-refractivity contribution in [1.29, 1.82) is 0 Å². The van der Waals surface area contributed by atoms with Gasteiger partial charge >= 0.3 is 6.18 Å². The van der Waals surface area contributed by atoms with E-state index in [1.54, 1.807) is 0 Å². The van der Waals surface area contributed by atoms with Gasteiger partial charge in [0.1, 0.15) is 7.85 Å². The first-order valence-electron chi connectivity index (χ1n) is 4.02. The van der Waals surface area contributed by atoms with E-state index in [0.29, 0.717) is 0 Å². The summed E-state index contributed by atoms with van der Waals surface area (Å²) in [5.41, 5.74) is -0.627. The lowest BCUT2D eigenvalue weighted by atomic mass is 9.84. The van der Waals surface area contributed by atoms with Crippen molar-refractivity contribution in [3.63, 3.8) is 0 Å². The summed E-state index contributed by atoms with van der Waals surface area (Å²) in [5.74, 6) is -0.353. The molecule has 0 aliphatic carbocycles. The maximum Gasteiger partial charge on any atom is 0.415 e. The summed E-state index contributed by atoms with van der Waals surface area (Å²) in [5, 5.41) is 0. The SMILES string of the molecule is Bc1c(C(C)=O)cccc1C(F)(F)F. The van der Waals surface area contributed by atoms with E-state index >= 15 is 0 Å². The summed E-state index contributed by atoms with van der Waals surface area (Å²) in [6, 6.07) is 3.61. The van der Waals surface area contributed by atoms with Crippen molar-refractivity contribution in [2.24, 2.45) is 0 Å². The van der Waals surface area contributed by atoms with E-state index in [4.69, 9.17) is 0 Å². The minimum Gasteiger partial charge on any atom is -0.295 e. The van der Waals surface area contributed by atoms with Gasteiger partial charge in [-0.1, -0.05) is 23.7 Å². The van der Waals surface area contributed by atoms with Crippen molar-refractivity contribution in [1.82, 2.24) is 0 Å². The van der Waals surface area contributed by atoms with Crippen LogP contribution >= 0.6 is 0 Å². The molecule has 0 bridgehead atoms. The zero-order chi connectivity index (χ0) is 10.9. The van der Waals surface area contributed by atoms with Gasteiger partial charge in [0.05, 0.1) is 0 Å². The Balaban J connectivity index is 3.35. The van der Waals surface area contributed by atoms with Gasteiger partial charge in [-0.25, -0.2) is 0 Å². The second-order valence-corrected chi connectivity index (χ2v) is 3.03. The first-order chi connectivity index (χ1) is 6.34. The molecule has 1 nitrogen and oxygen atoms in total. The molecule has 0 aliphatic rings. The standard InChI is InChI=1S/C9H8BF3O/c1-5(14)6-3-2-4-7(8(6)10)9(11,12)13/h2-4H,10H2,1H3. The Morgan fingerprint density at radius 3 is 2.36 bits per heavy atom. The molecule has 5 heteroatoms. The maximum atomic E-state index is 12.4. The average Bonchev–Trinajstić information content (AvgIpc) is 2.01. The van der Waals surface area contributed by atoms with E-state index in [9.17, 15) is 18.0 Å². The highest BCUT2D eigenvalue weighted by Gasteiger charge is 2.32. The number of ketones is 1. The van der Waals surface area contributed by atoms with Crippen LogP contribution in [0.4, 0.5) is 13.2 Å². The Morgan fingerprint density at radius 2 is 1.93 bits per heavy atom. The first kappa shape index (κ1) is 10.8. The molecule has 0 fully saturated rings. The minimum atomic E-state index is -4.39. The van der Waals surface area contributed by atoms with Crippen LogP contribution in [0.5, 0.6) is 0 Å². The highest BCUT2D eigenvalue weighted by atomic mass is 19.4. The fraction of sp³-hybridized carbons (Fsp3) is 0.222. The van der Waals surface area contributed by atoms with Crippen LogP contribution in [0, 0.1) is 0 Å². The van der Waals surface area contributed by atoms with Crippen molar-refractivity contribution < 1.29 is 18.0 Å². The molecule has 1 aromatic carbocycles. The molecule has 0 unspecified atom stereocenters. The second-order valence-electron chi connectivity index (χ2n) is 3.03. The molecule has 0 heterocycles. The van der Waals surface area contributed by atoms with Crippen molar-refractivity contribution in [2.75, 3.05) is 0 Å². The molecule has 0 radical (unpaired) electrons. The zero-order valence-corrected chi connectivity index (χ0v) is 7.77. The summed E-state index contributed by atoms with van der Waals surface area (Å²) < 4.78 is 37.1. The predicted octanol–water partition coefficient (Wildman–Crippen LogP) is 1.17. The van der Waals surface area contributed by atoms with Gasteiger partial charge in [0, 0.05) is 11.1 Å². The van der Waals surface area contributed by atoms with Gasteiger partial charge < -0.3 is 0 Å². The van der Waals surface area contributed by atoms with Crippen LogP contribution in [-0.4, -0.2) is 13.6 Å². The van der Waals surface area contributed by atoms with Crippen LogP contribution in [0.3, 0.4) is 0 Å². The van der Waals surface area contributed by atoms with Crippen molar-refractivity contribution >= 4 is 19.1 Å². The molecule has 0 saturated carbocycles. The summed E-state index contributed by atoms with van der Waals surface area (Å²) in [6.07, 6.45) is -4.39. The summed E-state index contributed by atoms with van der Waals surface area (Å²) in [4.78, 5) is 11.0. The molecule has 0 saturated heterocycles. The smallest absolute Gasteiger partial charge is 0.295 e. The number of halogens is 3. The van der Waals surface area contributed by atoms with Gasteiger partial charge in [-0.2, -0.15) is 13.2 Å². The van der Waals surface area contributed by atoms with Crippen LogP contribution in [-0.2, 0) is 6.18 Å². The fourth-order valence-electron chi connectivity index (χ4n) is 1.32. The molecule has 1 aromatic rings. The van der Waals surface area contributed by atoms with Crippen LogP contribution < -0.4 is 5.46 Å². The topological polar surface area (TPSA) is 17.1 Å². The lowest BCUT2D eigenvalue weighted by Crippen LogP contribution is -2.24. The summed E-state index contributed by atoms with van der Waals surface area (Å²) in [6.45, 7) is 1.25. The zero-order valence-electron chi connectivity index (χ0n) is 7.77. The van der Waals surface area contributed by atoms with Crippen molar-refractivity contribution in [3.8, 4) is 0 Å². The predicted molar refractivity (Wildman–Crippen MR) is 49.6 cm³/mol. The Labute approximate surface area is 80.3 Å². The van der Waals surface area contributed by atoms with Crippen LogP contribution in [0.2, 0.25) is 0 Å². The molecular weight excluding hydrogens is 192 g/mol. The van der Waals surface area contributed by atoms with Crippen LogP contribution in [0.15, 0.2) is 18.2 Å². The molecule has 14 heavy (non-hydrogen) atoms. The molecule has 74 valence electrons. The normalized spacial score (nSPS) is 11.4. The Kier molecular flexibility index (Phi) is 2.69. The van der Waals surface area contributed by atoms with E-state index in [0.717, 1.165) is 6.07 Å². The van der Waals surface area contributed by atoms with Gasteiger partial charge in [0.15, 0.2) is 5.78 Å². The van der Waals surface area contributed by atoms with Crippen molar-refractivity contribution in [2.45, 2.75) is 13.1 Å². The Morgan fingerprint density at radius 1 is 1.36 bits per heavy atom. The lowest BCUT2D eigenvalue weighted by molar-refractivity contribution is -0.136. The number of carbonyl (C=O) groups is 1. The number of Topliss-reactive ketones (excluding diaryl/α,β-unsaturated/α-hetero) is 1. The third-order valence-corrected chi connectivity index (χ3v) is 2.02. The van der Waals surface area contributed by atoms with Crippen molar-refractivity contribution in [3.05, 3.63) is 29.3 Å². The lowest BCUT2D eigenvalue weighted by Gasteiger charge is -2.12. The minimum absolute atomic E-state index is 0.00694. The van der Waals surface area contributed by atoms with E-state index in [1.165, 1.54) is 26.9 Å². The highest BCUT2D eigenvalue weighted by Crippen LogP contribution is 2.27. The van der Waals surface area contributed by atoms with Gasteiger partial charge in [0.25, 0.3) is 0 Å². The largest absolute Gasteiger partial charge is 0.415 e. The molecule has 0 N–H and O–H groups in total. The van der Waals surface area contributed by atoms with E-state index in [2.05, 4.69) is 0 Å². The molecule has 0 aromatic heterocycles. The summed E-state index contributed by atoms with van der Waals surface area (Å²) >= 11 is 0. The van der Waals surface area contributed by atoms with Gasteiger partial charge in [-0.3, -0.25) is 4.79 Å². The van der Waals surface area contributed by atoms with E-state index in [-0.39, 0.29) is 16.8 Å². The van der Waals surface area contributed by atoms with E-state index in [1.807, 2.05) is 0 Å². The van der Waals surface area contributed by atoms with Crippen LogP contribution in [0.1, 0.15) is 22.8 Å². The molecule has 0 spiro atoms. The third-order valence-electron chi connectivity index (χ3n) is 2.02. The summed E-state index contributed by atoms with van der Waals surface area (Å²) in [7, 11) is 1.31. The maximum absolute atomic E-state index is 12.4. The Bertz CT molecular complexity index is 371.